The van der Waals surface area contributed by atoms with E-state index in [9.17, 15) is 14.4 Å². The minimum atomic E-state index is -0.523. The number of ether oxygens (including phenoxy) is 2. The third-order valence-electron chi connectivity index (χ3n) is 7.46. The number of urea groups is 1. The second-order valence-corrected chi connectivity index (χ2v) is 9.94. The van der Waals surface area contributed by atoms with Crippen molar-refractivity contribution in [2.75, 3.05) is 13.7 Å². The largest absolute Gasteiger partial charge is 0.497 e. The summed E-state index contributed by atoms with van der Waals surface area (Å²) in [5, 5.41) is 6.72. The van der Waals surface area contributed by atoms with Gasteiger partial charge in [-0.15, -0.1) is 0 Å². The maximum atomic E-state index is 12.5. The van der Waals surface area contributed by atoms with E-state index in [4.69, 9.17) is 13.9 Å². The van der Waals surface area contributed by atoms with Gasteiger partial charge in [0, 0.05) is 35.2 Å². The number of carbonyl (C=O) groups is 2. The Balaban J connectivity index is 1.10. The summed E-state index contributed by atoms with van der Waals surface area (Å²) >= 11 is 0. The van der Waals surface area contributed by atoms with Gasteiger partial charge in [0.25, 0.3) is 0 Å². The molecule has 0 radical (unpaired) electrons. The monoisotopic (exact) mass is 454 g/mol. The van der Waals surface area contributed by atoms with Gasteiger partial charge in [-0.2, -0.15) is 0 Å². The van der Waals surface area contributed by atoms with Crippen LogP contribution in [0.15, 0.2) is 33.5 Å². The van der Waals surface area contributed by atoms with Gasteiger partial charge in [-0.25, -0.2) is 9.59 Å². The molecule has 0 saturated heterocycles. The average Bonchev–Trinajstić information content (AvgIpc) is 2.75. The number of carbonyl (C=O) groups excluding carboxylic acids is 2. The van der Waals surface area contributed by atoms with Gasteiger partial charge in [-0.05, 0) is 68.4 Å². The van der Waals surface area contributed by atoms with Crippen LogP contribution in [0.2, 0.25) is 0 Å². The first kappa shape index (κ1) is 21.8. The molecule has 0 atom stereocenters. The Labute approximate surface area is 192 Å². The number of benzene rings is 1. The van der Waals surface area contributed by atoms with Gasteiger partial charge in [0.15, 0.2) is 0 Å². The molecule has 4 aliphatic carbocycles. The molecule has 1 aromatic carbocycles. The van der Waals surface area contributed by atoms with E-state index in [2.05, 4.69) is 10.6 Å². The third kappa shape index (κ3) is 4.70. The first-order chi connectivity index (χ1) is 15.9. The number of rotatable bonds is 7. The maximum Gasteiger partial charge on any atom is 0.336 e. The Morgan fingerprint density at radius 1 is 1.09 bits per heavy atom. The van der Waals surface area contributed by atoms with E-state index in [1.165, 1.54) is 32.4 Å². The maximum absolute atomic E-state index is 12.5. The van der Waals surface area contributed by atoms with Crippen molar-refractivity contribution in [3.63, 3.8) is 0 Å². The first-order valence-electron chi connectivity index (χ1n) is 11.7. The lowest BCUT2D eigenvalue weighted by molar-refractivity contribution is -0.144. The van der Waals surface area contributed by atoms with Crippen LogP contribution in [0.25, 0.3) is 11.0 Å². The molecule has 176 valence electrons. The second-order valence-electron chi connectivity index (χ2n) is 9.94. The van der Waals surface area contributed by atoms with Crippen LogP contribution >= 0.6 is 0 Å². The van der Waals surface area contributed by atoms with Gasteiger partial charge in [-0.1, -0.05) is 0 Å². The summed E-state index contributed by atoms with van der Waals surface area (Å²) in [5.41, 5.74) is 0.350. The minimum absolute atomic E-state index is 0.0489. The van der Waals surface area contributed by atoms with E-state index in [1.54, 1.807) is 18.2 Å². The standard InChI is InChI=1S/C25H30N2O6/c1-31-19-2-3-20-18(9-23(29)33-21(20)10-19)14-32-22(28)4-5-26-24(30)27-25-11-15-6-16(12-25)8-17(7-15)13-25/h2-3,9-10,15-17H,4-8,11-14H2,1H3,(H2,26,27,30). The number of nitrogens with one attached hydrogen (secondary N) is 2. The van der Waals surface area contributed by atoms with Gasteiger partial charge >= 0.3 is 17.6 Å². The summed E-state index contributed by atoms with van der Waals surface area (Å²) in [7, 11) is 1.53. The zero-order valence-corrected chi connectivity index (χ0v) is 18.9. The van der Waals surface area contributed by atoms with E-state index in [0.717, 1.165) is 37.0 Å². The smallest absolute Gasteiger partial charge is 0.336 e. The van der Waals surface area contributed by atoms with Crippen LogP contribution in [0.1, 0.15) is 50.5 Å². The Hall–Kier alpha value is -3.03. The quantitative estimate of drug-likeness (QED) is 0.490. The Morgan fingerprint density at radius 2 is 1.79 bits per heavy atom. The topological polar surface area (TPSA) is 107 Å². The summed E-state index contributed by atoms with van der Waals surface area (Å²) in [6.45, 7) is 0.151. The van der Waals surface area contributed by atoms with Gasteiger partial charge in [0.2, 0.25) is 0 Å². The van der Waals surface area contributed by atoms with Gasteiger partial charge in [0.1, 0.15) is 17.9 Å². The van der Waals surface area contributed by atoms with Crippen molar-refractivity contribution in [3.8, 4) is 5.75 Å². The molecule has 4 saturated carbocycles. The lowest BCUT2D eigenvalue weighted by atomic mass is 9.53. The predicted octanol–water partition coefficient (Wildman–Crippen LogP) is 3.50. The fourth-order valence-electron chi connectivity index (χ4n) is 6.51. The van der Waals surface area contributed by atoms with Crippen LogP contribution < -0.4 is 21.0 Å². The lowest BCUT2D eigenvalue weighted by Crippen LogP contribution is -2.61. The van der Waals surface area contributed by atoms with Crippen molar-refractivity contribution < 1.29 is 23.5 Å². The molecule has 0 unspecified atom stereocenters. The first-order valence-corrected chi connectivity index (χ1v) is 11.7. The Kier molecular flexibility index (Phi) is 5.76. The van der Waals surface area contributed by atoms with Crippen molar-refractivity contribution in [2.24, 2.45) is 17.8 Å². The van der Waals surface area contributed by atoms with Gasteiger partial charge < -0.3 is 24.5 Å². The van der Waals surface area contributed by atoms with Crippen LogP contribution in [-0.4, -0.2) is 31.2 Å². The Morgan fingerprint density at radius 3 is 2.45 bits per heavy atom. The molecule has 2 aromatic rings. The normalized spacial score (nSPS) is 27.4. The van der Waals surface area contributed by atoms with E-state index >= 15 is 0 Å². The summed E-state index contributed by atoms with van der Waals surface area (Å²) in [6.07, 6.45) is 7.27. The fourth-order valence-corrected chi connectivity index (χ4v) is 6.51. The molecular weight excluding hydrogens is 424 g/mol. The number of fused-ring (bicyclic) bond motifs is 1. The van der Waals surface area contributed by atoms with Crippen molar-refractivity contribution in [1.29, 1.82) is 0 Å². The van der Waals surface area contributed by atoms with Crippen LogP contribution in [0, 0.1) is 17.8 Å². The zero-order valence-electron chi connectivity index (χ0n) is 18.9. The molecule has 6 rings (SSSR count). The summed E-state index contributed by atoms with van der Waals surface area (Å²) in [4.78, 5) is 36.6. The summed E-state index contributed by atoms with van der Waals surface area (Å²) < 4.78 is 15.7. The highest BCUT2D eigenvalue weighted by molar-refractivity contribution is 5.82. The number of esters is 1. The minimum Gasteiger partial charge on any atom is -0.497 e. The van der Waals surface area contributed by atoms with Crippen LogP contribution in [0.3, 0.4) is 0 Å². The molecule has 4 bridgehead atoms. The van der Waals surface area contributed by atoms with E-state index in [0.29, 0.717) is 22.3 Å². The molecule has 4 fully saturated rings. The molecule has 1 aromatic heterocycles. The zero-order chi connectivity index (χ0) is 23.0. The molecule has 33 heavy (non-hydrogen) atoms. The van der Waals surface area contributed by atoms with Crippen LogP contribution in [0.4, 0.5) is 4.79 Å². The number of hydrogen-bond donors (Lipinski definition) is 2. The summed E-state index contributed by atoms with van der Waals surface area (Å²) in [6, 6.07) is 6.25. The van der Waals surface area contributed by atoms with Crippen molar-refractivity contribution in [1.82, 2.24) is 10.6 Å². The molecule has 0 spiro atoms. The predicted molar refractivity (Wildman–Crippen MR) is 121 cm³/mol. The molecular formula is C25H30N2O6. The van der Waals surface area contributed by atoms with Gasteiger partial charge in [-0.3, -0.25) is 4.79 Å². The van der Waals surface area contributed by atoms with E-state index < -0.39 is 11.6 Å². The number of methoxy groups -OCH3 is 1. The highest BCUT2D eigenvalue weighted by atomic mass is 16.5. The molecule has 8 heteroatoms. The lowest BCUT2D eigenvalue weighted by Gasteiger charge is -2.56. The number of amides is 2. The molecule has 4 aliphatic rings. The molecule has 2 amide bonds. The molecule has 8 nitrogen and oxygen atoms in total. The van der Waals surface area contributed by atoms with Crippen molar-refractivity contribution in [3.05, 3.63) is 40.2 Å². The second kappa shape index (κ2) is 8.72. The molecule has 1 heterocycles. The SMILES string of the molecule is COc1ccc2c(COC(=O)CCNC(=O)NC34CC5CC(CC(C5)C3)C4)cc(=O)oc2c1. The average molecular weight is 455 g/mol. The van der Waals surface area contributed by atoms with Crippen molar-refractivity contribution >= 4 is 23.0 Å². The van der Waals surface area contributed by atoms with Crippen LogP contribution in [-0.2, 0) is 16.1 Å². The Bertz CT molecular complexity index is 1090. The van der Waals surface area contributed by atoms with E-state index in [1.807, 2.05) is 0 Å². The van der Waals surface area contributed by atoms with E-state index in [-0.39, 0.29) is 31.1 Å². The highest BCUT2D eigenvalue weighted by Crippen LogP contribution is 2.55. The molecule has 0 aliphatic heterocycles. The molecule has 2 N–H and O–H groups in total. The number of hydrogen-bond acceptors (Lipinski definition) is 6. The van der Waals surface area contributed by atoms with Gasteiger partial charge in [0.05, 0.1) is 13.5 Å². The van der Waals surface area contributed by atoms with Crippen molar-refractivity contribution in [2.45, 2.75) is 57.1 Å². The fraction of sp³-hybridized carbons (Fsp3) is 0.560. The summed E-state index contributed by atoms with van der Waals surface area (Å²) in [5.74, 6) is 2.38. The van der Waals surface area contributed by atoms with Crippen LogP contribution in [0.5, 0.6) is 5.75 Å². The highest BCUT2D eigenvalue weighted by Gasteiger charge is 2.51. The third-order valence-corrected chi connectivity index (χ3v) is 7.46.